The predicted octanol–water partition coefficient (Wildman–Crippen LogP) is 2.09. The highest BCUT2D eigenvalue weighted by Gasteiger charge is 2.14. The lowest BCUT2D eigenvalue weighted by Gasteiger charge is -2.05. The third-order valence-corrected chi connectivity index (χ3v) is 2.86. The monoisotopic (exact) mass is 275 g/mol. The molecule has 0 amide bonds. The van der Waals surface area contributed by atoms with E-state index in [9.17, 15) is 9.59 Å². The Morgan fingerprint density at radius 2 is 2.24 bits per heavy atom. The molecule has 7 heteroatoms. The number of hydrogen-bond donors (Lipinski definition) is 1. The van der Waals surface area contributed by atoms with Gasteiger partial charge in [0, 0.05) is 0 Å². The number of aromatic nitrogens is 1. The Labute approximate surface area is 107 Å². The van der Waals surface area contributed by atoms with Gasteiger partial charge in [-0.05, 0) is 19.1 Å². The molecule has 0 fully saturated rings. The van der Waals surface area contributed by atoms with E-state index >= 15 is 0 Å². The number of carboxylic acid groups (broad SMARTS) is 1. The zero-order valence-electron chi connectivity index (χ0n) is 8.97. The molecule has 0 aromatic carbocycles. The summed E-state index contributed by atoms with van der Waals surface area (Å²) in [4.78, 5) is 25.9. The zero-order chi connectivity index (χ0) is 12.8. The van der Waals surface area contributed by atoms with E-state index in [2.05, 4.69) is 4.98 Å². The first kappa shape index (κ1) is 13.8. The van der Waals surface area contributed by atoms with Crippen LogP contribution in [0.1, 0.15) is 17.3 Å². The average molecular weight is 276 g/mol. The summed E-state index contributed by atoms with van der Waals surface area (Å²) in [7, 11) is 0. The minimum atomic E-state index is -1.11. The average Bonchev–Trinajstić information content (AvgIpc) is 2.26. The van der Waals surface area contributed by atoms with E-state index in [0.29, 0.717) is 0 Å². The van der Waals surface area contributed by atoms with Crippen molar-refractivity contribution in [2.75, 3.05) is 12.4 Å². The molecular weight excluding hydrogens is 266 g/mol. The van der Waals surface area contributed by atoms with Gasteiger partial charge in [-0.3, -0.25) is 4.79 Å². The summed E-state index contributed by atoms with van der Waals surface area (Å²) < 4.78 is 4.73. The second-order valence-electron chi connectivity index (χ2n) is 2.89. The minimum Gasteiger partial charge on any atom is -0.478 e. The number of carboxylic acids is 1. The Hall–Kier alpha value is -1.27. The smallest absolute Gasteiger partial charge is 0.338 e. The third-order valence-electron chi connectivity index (χ3n) is 1.69. The highest BCUT2D eigenvalue weighted by molar-refractivity contribution is 8.00. The summed E-state index contributed by atoms with van der Waals surface area (Å²) in [5.74, 6) is -1.53. The van der Waals surface area contributed by atoms with Gasteiger partial charge < -0.3 is 9.84 Å². The van der Waals surface area contributed by atoms with Crippen molar-refractivity contribution in [2.45, 2.75) is 11.9 Å². The molecule has 0 aliphatic carbocycles. The summed E-state index contributed by atoms with van der Waals surface area (Å²) >= 11 is 6.65. The molecule has 0 aliphatic heterocycles. The van der Waals surface area contributed by atoms with Crippen LogP contribution in [0.5, 0.6) is 0 Å². The van der Waals surface area contributed by atoms with E-state index in [1.807, 2.05) is 0 Å². The predicted molar refractivity (Wildman–Crippen MR) is 63.6 cm³/mol. The quantitative estimate of drug-likeness (QED) is 0.504. The van der Waals surface area contributed by atoms with Gasteiger partial charge in [0.1, 0.15) is 10.2 Å². The minimum absolute atomic E-state index is 0.00145. The van der Waals surface area contributed by atoms with Crippen LogP contribution in [0, 0.1) is 0 Å². The van der Waals surface area contributed by atoms with Gasteiger partial charge in [-0.25, -0.2) is 9.78 Å². The van der Waals surface area contributed by atoms with Crippen LogP contribution in [-0.4, -0.2) is 34.4 Å². The molecule has 1 rings (SSSR count). The Kier molecular flexibility index (Phi) is 5.24. The number of rotatable bonds is 5. The largest absolute Gasteiger partial charge is 0.478 e. The number of halogens is 1. The molecule has 0 saturated carbocycles. The van der Waals surface area contributed by atoms with Crippen molar-refractivity contribution in [3.63, 3.8) is 0 Å². The maximum absolute atomic E-state index is 11.1. The fraction of sp³-hybridized carbons (Fsp3) is 0.300. The van der Waals surface area contributed by atoms with Gasteiger partial charge in [0.25, 0.3) is 0 Å². The van der Waals surface area contributed by atoms with E-state index in [1.165, 1.54) is 12.1 Å². The highest BCUT2D eigenvalue weighted by Crippen LogP contribution is 2.22. The first-order valence-corrected chi connectivity index (χ1v) is 6.09. The van der Waals surface area contributed by atoms with Crippen LogP contribution in [0.25, 0.3) is 0 Å². The standard InChI is InChI=1S/C10H10ClNO4S/c1-2-16-8(13)5-17-9-6(10(14)15)3-4-7(11)12-9/h3-4H,2,5H2,1H3,(H,14,15). The molecular formula is C10H10ClNO4S. The fourth-order valence-electron chi connectivity index (χ4n) is 1.02. The number of esters is 1. The van der Waals surface area contributed by atoms with Crippen molar-refractivity contribution in [3.8, 4) is 0 Å². The number of ether oxygens (including phenoxy) is 1. The molecule has 0 radical (unpaired) electrons. The van der Waals surface area contributed by atoms with Crippen LogP contribution >= 0.6 is 23.4 Å². The van der Waals surface area contributed by atoms with Crippen LogP contribution in [0.15, 0.2) is 17.2 Å². The molecule has 0 unspecified atom stereocenters. The second kappa shape index (κ2) is 6.46. The topological polar surface area (TPSA) is 76.5 Å². The summed E-state index contributed by atoms with van der Waals surface area (Å²) in [5.41, 5.74) is 0.0173. The van der Waals surface area contributed by atoms with Gasteiger partial charge in [-0.15, -0.1) is 0 Å². The Balaban J connectivity index is 2.78. The lowest BCUT2D eigenvalue weighted by atomic mass is 10.3. The van der Waals surface area contributed by atoms with E-state index in [4.69, 9.17) is 21.4 Å². The molecule has 5 nitrogen and oxygen atoms in total. The van der Waals surface area contributed by atoms with Crippen molar-refractivity contribution < 1.29 is 19.4 Å². The van der Waals surface area contributed by atoms with Gasteiger partial charge in [-0.2, -0.15) is 0 Å². The molecule has 1 aromatic rings. The van der Waals surface area contributed by atoms with Gasteiger partial charge in [0.05, 0.1) is 17.9 Å². The number of nitrogens with zero attached hydrogens (tertiary/aromatic N) is 1. The number of carbonyl (C=O) groups excluding carboxylic acids is 1. The maximum atomic E-state index is 11.1. The van der Waals surface area contributed by atoms with Crippen molar-refractivity contribution >= 4 is 35.3 Å². The molecule has 1 heterocycles. The Morgan fingerprint density at radius 3 is 2.82 bits per heavy atom. The van der Waals surface area contributed by atoms with Crippen LogP contribution in [0.4, 0.5) is 0 Å². The second-order valence-corrected chi connectivity index (χ2v) is 4.24. The third kappa shape index (κ3) is 4.24. The van der Waals surface area contributed by atoms with Crippen LogP contribution in [0.3, 0.4) is 0 Å². The van der Waals surface area contributed by atoms with Gasteiger partial charge >= 0.3 is 11.9 Å². The van der Waals surface area contributed by atoms with Crippen LogP contribution in [-0.2, 0) is 9.53 Å². The molecule has 17 heavy (non-hydrogen) atoms. The van der Waals surface area contributed by atoms with Crippen molar-refractivity contribution in [1.29, 1.82) is 0 Å². The molecule has 1 N–H and O–H groups in total. The normalized spacial score (nSPS) is 10.0. The fourth-order valence-corrected chi connectivity index (χ4v) is 2.03. The van der Waals surface area contributed by atoms with Crippen molar-refractivity contribution in [3.05, 3.63) is 22.8 Å². The lowest BCUT2D eigenvalue weighted by molar-refractivity contribution is -0.139. The molecule has 1 aromatic heterocycles. The van der Waals surface area contributed by atoms with Gasteiger partial charge in [-0.1, -0.05) is 23.4 Å². The molecule has 0 atom stereocenters. The first-order chi connectivity index (χ1) is 8.04. The van der Waals surface area contributed by atoms with E-state index < -0.39 is 11.9 Å². The molecule has 0 saturated heterocycles. The van der Waals surface area contributed by atoms with Crippen molar-refractivity contribution in [2.24, 2.45) is 0 Å². The molecule has 0 spiro atoms. The Bertz CT molecular complexity index is 438. The SMILES string of the molecule is CCOC(=O)CSc1nc(Cl)ccc1C(=O)O. The molecule has 0 aliphatic rings. The summed E-state index contributed by atoms with van der Waals surface area (Å²) in [5, 5.41) is 9.30. The van der Waals surface area contributed by atoms with E-state index in [1.54, 1.807) is 6.92 Å². The number of hydrogen-bond acceptors (Lipinski definition) is 5. The van der Waals surface area contributed by atoms with Crippen LogP contribution in [0.2, 0.25) is 5.15 Å². The number of pyridine rings is 1. The molecule has 92 valence electrons. The Morgan fingerprint density at radius 1 is 1.53 bits per heavy atom. The molecule has 0 bridgehead atoms. The van der Waals surface area contributed by atoms with E-state index in [-0.39, 0.29) is 28.1 Å². The van der Waals surface area contributed by atoms with Gasteiger partial charge in [0.15, 0.2) is 0 Å². The lowest BCUT2D eigenvalue weighted by Crippen LogP contribution is -2.08. The summed E-state index contributed by atoms with van der Waals surface area (Å²) in [6.45, 7) is 1.98. The number of carbonyl (C=O) groups is 2. The van der Waals surface area contributed by atoms with Gasteiger partial charge in [0.2, 0.25) is 0 Å². The van der Waals surface area contributed by atoms with E-state index in [0.717, 1.165) is 11.8 Å². The summed E-state index contributed by atoms with van der Waals surface area (Å²) in [6.07, 6.45) is 0. The van der Waals surface area contributed by atoms with Crippen molar-refractivity contribution in [1.82, 2.24) is 4.98 Å². The number of aromatic carboxylic acids is 1. The number of thioether (sulfide) groups is 1. The maximum Gasteiger partial charge on any atom is 0.338 e. The summed E-state index contributed by atoms with van der Waals surface area (Å²) in [6, 6.07) is 2.74. The van der Waals surface area contributed by atoms with Crippen LogP contribution < -0.4 is 0 Å². The first-order valence-electron chi connectivity index (χ1n) is 4.72. The highest BCUT2D eigenvalue weighted by atomic mass is 35.5. The zero-order valence-corrected chi connectivity index (χ0v) is 10.5.